The standard InChI is InChI=1S/C13H14N2O2S/c1-2-10(16)9-5-3-4-6-11(9)18-13-14-8-7-12(17)15-13/h3-8,10,16H,2H2,1H3,(H,14,15,17)/t10-/m1/s1. The van der Waals surface area contributed by atoms with E-state index in [1.165, 1.54) is 24.0 Å². The van der Waals surface area contributed by atoms with Gasteiger partial charge in [0.2, 0.25) is 0 Å². The minimum absolute atomic E-state index is 0.180. The predicted octanol–water partition coefficient (Wildman–Crippen LogP) is 2.36. The summed E-state index contributed by atoms with van der Waals surface area (Å²) in [5.74, 6) is 0. The Morgan fingerprint density at radius 2 is 2.17 bits per heavy atom. The van der Waals surface area contributed by atoms with Crippen LogP contribution in [0.3, 0.4) is 0 Å². The maximum absolute atomic E-state index is 11.2. The van der Waals surface area contributed by atoms with E-state index in [4.69, 9.17) is 0 Å². The molecule has 0 spiro atoms. The van der Waals surface area contributed by atoms with Crippen molar-refractivity contribution >= 4 is 11.8 Å². The van der Waals surface area contributed by atoms with E-state index in [0.29, 0.717) is 11.6 Å². The number of aromatic nitrogens is 2. The smallest absolute Gasteiger partial charge is 0.251 e. The van der Waals surface area contributed by atoms with Gasteiger partial charge in [-0.2, -0.15) is 0 Å². The molecule has 4 nitrogen and oxygen atoms in total. The van der Waals surface area contributed by atoms with Crippen molar-refractivity contribution in [2.75, 3.05) is 0 Å². The first-order valence-corrected chi connectivity index (χ1v) is 6.52. The molecule has 0 saturated carbocycles. The third-order valence-corrected chi connectivity index (χ3v) is 3.51. The molecule has 0 unspecified atom stereocenters. The van der Waals surface area contributed by atoms with Gasteiger partial charge in [0, 0.05) is 17.2 Å². The van der Waals surface area contributed by atoms with Crippen LogP contribution in [0.4, 0.5) is 0 Å². The number of aromatic amines is 1. The van der Waals surface area contributed by atoms with Crippen LogP contribution in [0.5, 0.6) is 0 Å². The summed E-state index contributed by atoms with van der Waals surface area (Å²) in [4.78, 5) is 18.8. The van der Waals surface area contributed by atoms with Crippen molar-refractivity contribution in [1.82, 2.24) is 9.97 Å². The highest BCUT2D eigenvalue weighted by Crippen LogP contribution is 2.31. The number of benzene rings is 1. The van der Waals surface area contributed by atoms with E-state index in [-0.39, 0.29) is 5.56 Å². The Balaban J connectivity index is 2.31. The van der Waals surface area contributed by atoms with E-state index < -0.39 is 6.10 Å². The first kappa shape index (κ1) is 12.9. The van der Waals surface area contributed by atoms with Gasteiger partial charge in [0.05, 0.1) is 6.10 Å². The van der Waals surface area contributed by atoms with Gasteiger partial charge in [0.15, 0.2) is 5.16 Å². The maximum Gasteiger partial charge on any atom is 0.251 e. The molecule has 0 fully saturated rings. The normalized spacial score (nSPS) is 12.3. The molecule has 2 aromatic rings. The van der Waals surface area contributed by atoms with Gasteiger partial charge in [-0.25, -0.2) is 4.98 Å². The molecule has 0 saturated heterocycles. The molecule has 1 atom stereocenters. The summed E-state index contributed by atoms with van der Waals surface area (Å²) in [6.07, 6.45) is 1.63. The largest absolute Gasteiger partial charge is 0.388 e. The van der Waals surface area contributed by atoms with Gasteiger partial charge in [-0.3, -0.25) is 4.79 Å². The van der Waals surface area contributed by atoms with Gasteiger partial charge in [-0.1, -0.05) is 36.9 Å². The van der Waals surface area contributed by atoms with Crippen molar-refractivity contribution in [1.29, 1.82) is 0 Å². The third kappa shape index (κ3) is 3.00. The van der Waals surface area contributed by atoms with Gasteiger partial charge in [-0.05, 0) is 18.1 Å². The van der Waals surface area contributed by atoms with E-state index in [1.54, 1.807) is 0 Å². The fourth-order valence-corrected chi connectivity index (χ4v) is 2.52. The third-order valence-electron chi connectivity index (χ3n) is 2.52. The average molecular weight is 262 g/mol. The topological polar surface area (TPSA) is 66.0 Å². The number of nitrogens with one attached hydrogen (secondary N) is 1. The van der Waals surface area contributed by atoms with Crippen molar-refractivity contribution in [3.05, 3.63) is 52.4 Å². The van der Waals surface area contributed by atoms with Crippen molar-refractivity contribution in [3.8, 4) is 0 Å². The Morgan fingerprint density at radius 3 is 2.89 bits per heavy atom. The molecule has 2 rings (SSSR count). The Kier molecular flexibility index (Phi) is 4.17. The minimum atomic E-state index is -0.496. The van der Waals surface area contributed by atoms with Crippen LogP contribution in [-0.4, -0.2) is 15.1 Å². The Morgan fingerprint density at radius 1 is 1.39 bits per heavy atom. The van der Waals surface area contributed by atoms with Crippen molar-refractivity contribution < 1.29 is 5.11 Å². The van der Waals surface area contributed by atoms with Crippen LogP contribution in [0, 0.1) is 0 Å². The summed E-state index contributed by atoms with van der Waals surface area (Å²) >= 11 is 1.35. The molecule has 94 valence electrons. The number of H-pyrrole nitrogens is 1. The zero-order valence-corrected chi connectivity index (χ0v) is 10.8. The van der Waals surface area contributed by atoms with Crippen LogP contribution in [0.2, 0.25) is 0 Å². The molecule has 1 heterocycles. The average Bonchev–Trinajstić information content (AvgIpc) is 2.38. The molecular weight excluding hydrogens is 248 g/mol. The number of aliphatic hydroxyl groups is 1. The molecule has 18 heavy (non-hydrogen) atoms. The maximum atomic E-state index is 11.2. The monoisotopic (exact) mass is 262 g/mol. The highest BCUT2D eigenvalue weighted by Gasteiger charge is 2.11. The molecular formula is C13H14N2O2S. The zero-order valence-electron chi connectivity index (χ0n) is 9.96. The molecule has 0 radical (unpaired) electrons. The number of rotatable bonds is 4. The molecule has 1 aromatic heterocycles. The number of hydrogen-bond donors (Lipinski definition) is 2. The highest BCUT2D eigenvalue weighted by atomic mass is 32.2. The summed E-state index contributed by atoms with van der Waals surface area (Å²) in [6, 6.07) is 8.95. The lowest BCUT2D eigenvalue weighted by atomic mass is 10.1. The summed E-state index contributed by atoms with van der Waals surface area (Å²) in [5, 5.41) is 10.5. The Hall–Kier alpha value is -1.59. The predicted molar refractivity (Wildman–Crippen MR) is 70.7 cm³/mol. The second-order valence-corrected chi connectivity index (χ2v) is 4.83. The van der Waals surface area contributed by atoms with Gasteiger partial charge in [-0.15, -0.1) is 0 Å². The summed E-state index contributed by atoms with van der Waals surface area (Å²) in [5.41, 5.74) is 0.678. The van der Waals surface area contributed by atoms with Gasteiger partial charge < -0.3 is 10.1 Å². The molecule has 0 aliphatic rings. The molecule has 0 aliphatic carbocycles. The molecule has 5 heteroatoms. The first-order chi connectivity index (χ1) is 8.70. The summed E-state index contributed by atoms with van der Waals surface area (Å²) < 4.78 is 0. The zero-order chi connectivity index (χ0) is 13.0. The molecule has 0 amide bonds. The van der Waals surface area contributed by atoms with Gasteiger partial charge >= 0.3 is 0 Å². The van der Waals surface area contributed by atoms with Crippen LogP contribution in [0.1, 0.15) is 25.0 Å². The second kappa shape index (κ2) is 5.84. The fourth-order valence-electron chi connectivity index (χ4n) is 1.58. The summed E-state index contributed by atoms with van der Waals surface area (Å²) in [6.45, 7) is 1.93. The molecule has 1 aromatic carbocycles. The molecule has 0 bridgehead atoms. The lowest BCUT2D eigenvalue weighted by molar-refractivity contribution is 0.171. The van der Waals surface area contributed by atoms with Crippen LogP contribution >= 0.6 is 11.8 Å². The second-order valence-electron chi connectivity index (χ2n) is 3.80. The summed E-state index contributed by atoms with van der Waals surface area (Å²) in [7, 11) is 0. The number of hydrogen-bond acceptors (Lipinski definition) is 4. The Labute approximate surface area is 109 Å². The lowest BCUT2D eigenvalue weighted by Crippen LogP contribution is -2.05. The number of aliphatic hydroxyl groups excluding tert-OH is 1. The van der Waals surface area contributed by atoms with E-state index in [1.807, 2.05) is 31.2 Å². The first-order valence-electron chi connectivity index (χ1n) is 5.71. The van der Waals surface area contributed by atoms with Crippen LogP contribution in [0.15, 0.2) is 51.4 Å². The minimum Gasteiger partial charge on any atom is -0.388 e. The van der Waals surface area contributed by atoms with Crippen molar-refractivity contribution in [3.63, 3.8) is 0 Å². The van der Waals surface area contributed by atoms with Gasteiger partial charge in [0.1, 0.15) is 0 Å². The van der Waals surface area contributed by atoms with Crippen LogP contribution in [0.25, 0.3) is 0 Å². The van der Waals surface area contributed by atoms with Crippen molar-refractivity contribution in [2.24, 2.45) is 0 Å². The van der Waals surface area contributed by atoms with E-state index in [0.717, 1.165) is 10.5 Å². The SMILES string of the molecule is CC[C@@H](O)c1ccccc1Sc1nccc(=O)[nH]1. The number of nitrogens with zero attached hydrogens (tertiary/aromatic N) is 1. The quantitative estimate of drug-likeness (QED) is 0.830. The van der Waals surface area contributed by atoms with Crippen molar-refractivity contribution in [2.45, 2.75) is 29.5 Å². The highest BCUT2D eigenvalue weighted by molar-refractivity contribution is 7.99. The van der Waals surface area contributed by atoms with E-state index in [9.17, 15) is 9.90 Å². The van der Waals surface area contributed by atoms with E-state index >= 15 is 0 Å². The van der Waals surface area contributed by atoms with E-state index in [2.05, 4.69) is 9.97 Å². The van der Waals surface area contributed by atoms with Crippen LogP contribution in [-0.2, 0) is 0 Å². The fraction of sp³-hybridized carbons (Fsp3) is 0.231. The van der Waals surface area contributed by atoms with Gasteiger partial charge in [0.25, 0.3) is 5.56 Å². The molecule has 2 N–H and O–H groups in total. The Bertz CT molecular complexity index is 583. The van der Waals surface area contributed by atoms with Crippen LogP contribution < -0.4 is 5.56 Å². The molecule has 0 aliphatic heterocycles. The lowest BCUT2D eigenvalue weighted by Gasteiger charge is -2.12.